The van der Waals surface area contributed by atoms with Crippen LogP contribution in [0.15, 0.2) is 36.5 Å². The fraction of sp³-hybridized carbons (Fsp3) is 0.167. The van der Waals surface area contributed by atoms with Crippen molar-refractivity contribution in [2.75, 3.05) is 12.4 Å². The average Bonchev–Trinajstić information content (AvgIpc) is 2.75. The minimum atomic E-state index is -0.187. The van der Waals surface area contributed by atoms with Gasteiger partial charge in [-0.25, -0.2) is 0 Å². The van der Waals surface area contributed by atoms with Crippen molar-refractivity contribution in [3.05, 3.63) is 42.1 Å². The summed E-state index contributed by atoms with van der Waals surface area (Å²) in [6.07, 6.45) is 1.63. The van der Waals surface area contributed by atoms with Gasteiger partial charge in [0.1, 0.15) is 11.6 Å². The van der Waals surface area contributed by atoms with Gasteiger partial charge in [-0.2, -0.15) is 5.10 Å². The highest BCUT2D eigenvalue weighted by atomic mass is 16.5. The summed E-state index contributed by atoms with van der Waals surface area (Å²) < 4.78 is 6.66. The van der Waals surface area contributed by atoms with E-state index in [1.54, 1.807) is 55.4 Å². The van der Waals surface area contributed by atoms with Crippen LogP contribution in [-0.2, 0) is 7.05 Å². The predicted octanol–water partition coefficient (Wildman–Crippen LogP) is 1.68. The van der Waals surface area contributed by atoms with Crippen LogP contribution in [-0.4, -0.2) is 22.8 Å². The Morgan fingerprint density at radius 1 is 1.41 bits per heavy atom. The number of carbonyl (C=O) groups excluding carboxylic acids is 1. The molecule has 88 valence electrons. The van der Waals surface area contributed by atoms with E-state index in [0.29, 0.717) is 17.1 Å². The van der Waals surface area contributed by atoms with Crippen LogP contribution >= 0.6 is 0 Å². The fourth-order valence-electron chi connectivity index (χ4n) is 1.45. The van der Waals surface area contributed by atoms with Crippen LogP contribution in [0.1, 0.15) is 10.4 Å². The summed E-state index contributed by atoms with van der Waals surface area (Å²) in [4.78, 5) is 11.9. The Kier molecular flexibility index (Phi) is 3.09. The van der Waals surface area contributed by atoms with E-state index in [-0.39, 0.29) is 5.91 Å². The van der Waals surface area contributed by atoms with Crippen molar-refractivity contribution in [2.45, 2.75) is 0 Å². The molecule has 2 aromatic rings. The molecule has 0 saturated carbocycles. The lowest BCUT2D eigenvalue weighted by molar-refractivity contribution is 0.102. The van der Waals surface area contributed by atoms with E-state index >= 15 is 0 Å². The molecule has 1 aromatic heterocycles. The number of aromatic nitrogens is 2. The highest BCUT2D eigenvalue weighted by Gasteiger charge is 2.08. The average molecular weight is 231 g/mol. The molecule has 17 heavy (non-hydrogen) atoms. The van der Waals surface area contributed by atoms with Gasteiger partial charge in [0.25, 0.3) is 5.91 Å². The zero-order valence-electron chi connectivity index (χ0n) is 9.68. The fourth-order valence-corrected chi connectivity index (χ4v) is 1.45. The van der Waals surface area contributed by atoms with Gasteiger partial charge >= 0.3 is 0 Å². The Balaban J connectivity index is 2.17. The molecule has 0 atom stereocenters. The van der Waals surface area contributed by atoms with Gasteiger partial charge in [-0.15, -0.1) is 0 Å². The normalized spacial score (nSPS) is 10.0. The lowest BCUT2D eigenvalue weighted by atomic mass is 10.2. The predicted molar refractivity (Wildman–Crippen MR) is 64.2 cm³/mol. The van der Waals surface area contributed by atoms with Crippen LogP contribution in [0.3, 0.4) is 0 Å². The van der Waals surface area contributed by atoms with Crippen LogP contribution in [0.4, 0.5) is 5.82 Å². The molecule has 5 nitrogen and oxygen atoms in total. The number of methoxy groups -OCH3 is 1. The molecule has 0 unspecified atom stereocenters. The molecule has 1 N–H and O–H groups in total. The minimum absolute atomic E-state index is 0.187. The van der Waals surface area contributed by atoms with Crippen LogP contribution in [0, 0.1) is 0 Å². The highest BCUT2D eigenvalue weighted by molar-refractivity contribution is 6.04. The molecule has 0 aliphatic carbocycles. The first kappa shape index (κ1) is 11.2. The quantitative estimate of drug-likeness (QED) is 0.874. The number of nitrogens with zero attached hydrogens (tertiary/aromatic N) is 2. The second-order valence-electron chi connectivity index (χ2n) is 3.53. The second-order valence-corrected chi connectivity index (χ2v) is 3.53. The molecule has 0 radical (unpaired) electrons. The van der Waals surface area contributed by atoms with E-state index in [2.05, 4.69) is 10.4 Å². The topological polar surface area (TPSA) is 56.1 Å². The number of aryl methyl sites for hydroxylation is 1. The van der Waals surface area contributed by atoms with Crippen molar-refractivity contribution in [1.82, 2.24) is 9.78 Å². The Labute approximate surface area is 99.0 Å². The van der Waals surface area contributed by atoms with Gasteiger partial charge < -0.3 is 10.1 Å². The summed E-state index contributed by atoms with van der Waals surface area (Å²) in [6.45, 7) is 0. The molecule has 0 bridgehead atoms. The molecule has 1 heterocycles. The maximum Gasteiger partial charge on any atom is 0.256 e. The molecular formula is C12H13N3O2. The number of ether oxygens (including phenoxy) is 1. The third kappa shape index (κ3) is 2.44. The van der Waals surface area contributed by atoms with Crippen molar-refractivity contribution in [2.24, 2.45) is 7.05 Å². The largest absolute Gasteiger partial charge is 0.497 e. The summed E-state index contributed by atoms with van der Waals surface area (Å²) in [6, 6.07) is 8.72. The van der Waals surface area contributed by atoms with Crippen molar-refractivity contribution < 1.29 is 9.53 Å². The number of rotatable bonds is 3. The SMILES string of the molecule is COc1cccc(C(=O)Nc2ccnn2C)c1. The zero-order chi connectivity index (χ0) is 12.3. The lowest BCUT2D eigenvalue weighted by Crippen LogP contribution is -2.14. The monoisotopic (exact) mass is 231 g/mol. The van der Waals surface area contributed by atoms with Gasteiger partial charge in [0, 0.05) is 18.7 Å². The molecule has 1 aromatic carbocycles. The van der Waals surface area contributed by atoms with E-state index in [0.717, 1.165) is 0 Å². The number of benzene rings is 1. The van der Waals surface area contributed by atoms with Crippen molar-refractivity contribution in [3.8, 4) is 5.75 Å². The first-order valence-electron chi connectivity index (χ1n) is 5.14. The number of hydrogen-bond donors (Lipinski definition) is 1. The van der Waals surface area contributed by atoms with E-state index in [4.69, 9.17) is 4.74 Å². The zero-order valence-corrected chi connectivity index (χ0v) is 9.68. The van der Waals surface area contributed by atoms with E-state index in [1.807, 2.05) is 0 Å². The van der Waals surface area contributed by atoms with Gasteiger partial charge in [-0.3, -0.25) is 9.48 Å². The van der Waals surface area contributed by atoms with Crippen molar-refractivity contribution in [3.63, 3.8) is 0 Å². The smallest absolute Gasteiger partial charge is 0.256 e. The van der Waals surface area contributed by atoms with Crippen LogP contribution < -0.4 is 10.1 Å². The molecule has 0 fully saturated rings. The maximum absolute atomic E-state index is 11.9. The van der Waals surface area contributed by atoms with Crippen LogP contribution in [0.2, 0.25) is 0 Å². The summed E-state index contributed by atoms with van der Waals surface area (Å²) in [5, 5.41) is 6.74. The van der Waals surface area contributed by atoms with E-state index in [9.17, 15) is 4.79 Å². The number of carbonyl (C=O) groups is 1. The van der Waals surface area contributed by atoms with Gasteiger partial charge in [-0.05, 0) is 18.2 Å². The molecule has 2 rings (SSSR count). The number of anilines is 1. The molecule has 0 aliphatic heterocycles. The minimum Gasteiger partial charge on any atom is -0.497 e. The number of amides is 1. The first-order valence-corrected chi connectivity index (χ1v) is 5.14. The first-order chi connectivity index (χ1) is 8.20. The molecule has 0 spiro atoms. The Hall–Kier alpha value is -2.30. The van der Waals surface area contributed by atoms with E-state index < -0.39 is 0 Å². The third-order valence-electron chi connectivity index (χ3n) is 2.39. The molecule has 0 saturated heterocycles. The standard InChI is InChI=1S/C12H13N3O2/c1-15-11(6-7-13-15)14-12(16)9-4-3-5-10(8-9)17-2/h3-8H,1-2H3,(H,14,16). The van der Waals surface area contributed by atoms with Gasteiger partial charge in [0.05, 0.1) is 13.3 Å². The summed E-state index contributed by atoms with van der Waals surface area (Å²) in [5.74, 6) is 1.12. The molecule has 5 heteroatoms. The van der Waals surface area contributed by atoms with Gasteiger partial charge in [0.15, 0.2) is 0 Å². The second kappa shape index (κ2) is 4.69. The summed E-state index contributed by atoms with van der Waals surface area (Å²) in [7, 11) is 3.33. The Morgan fingerprint density at radius 3 is 2.88 bits per heavy atom. The van der Waals surface area contributed by atoms with Crippen molar-refractivity contribution in [1.29, 1.82) is 0 Å². The molecular weight excluding hydrogens is 218 g/mol. The lowest BCUT2D eigenvalue weighted by Gasteiger charge is -2.06. The molecule has 0 aliphatic rings. The van der Waals surface area contributed by atoms with Gasteiger partial charge in [0.2, 0.25) is 0 Å². The number of hydrogen-bond acceptors (Lipinski definition) is 3. The number of nitrogens with one attached hydrogen (secondary N) is 1. The van der Waals surface area contributed by atoms with Crippen LogP contribution in [0.25, 0.3) is 0 Å². The highest BCUT2D eigenvalue weighted by Crippen LogP contribution is 2.14. The van der Waals surface area contributed by atoms with Crippen LogP contribution in [0.5, 0.6) is 5.75 Å². The molecule has 1 amide bonds. The maximum atomic E-state index is 11.9. The third-order valence-corrected chi connectivity index (χ3v) is 2.39. The summed E-state index contributed by atoms with van der Waals surface area (Å²) >= 11 is 0. The van der Waals surface area contributed by atoms with E-state index in [1.165, 1.54) is 0 Å². The summed E-state index contributed by atoms with van der Waals surface area (Å²) in [5.41, 5.74) is 0.547. The van der Waals surface area contributed by atoms with Gasteiger partial charge in [-0.1, -0.05) is 6.07 Å². The Morgan fingerprint density at radius 2 is 2.24 bits per heavy atom. The Bertz CT molecular complexity index is 534. The van der Waals surface area contributed by atoms with Crippen molar-refractivity contribution >= 4 is 11.7 Å².